The molecule has 0 atom stereocenters. The Labute approximate surface area is 118 Å². The van der Waals surface area contributed by atoms with Gasteiger partial charge < -0.3 is 4.74 Å². The minimum absolute atomic E-state index is 0.270. The molecule has 3 nitrogen and oxygen atoms in total. The molecule has 1 heterocycles. The molecule has 0 radical (unpaired) electrons. The Kier molecular flexibility index (Phi) is 4.78. The molecule has 3 heteroatoms. The fraction of sp³-hybridized carbons (Fsp3) is 1.00. The zero-order valence-corrected chi connectivity index (χ0v) is 12.5. The fourth-order valence-electron chi connectivity index (χ4n) is 4.46. The molecular weight excluding hydrogens is 236 g/mol. The molecule has 0 bridgehead atoms. The van der Waals surface area contributed by atoms with Crippen LogP contribution in [0.1, 0.15) is 64.2 Å². The van der Waals surface area contributed by atoms with Gasteiger partial charge in [0.25, 0.3) is 0 Å². The lowest BCUT2D eigenvalue weighted by Gasteiger charge is -2.39. The minimum atomic E-state index is 0.270. The number of rotatable bonds is 3. The standard InChI is InChI=1S/C16H30N2O/c1-19-16-17(14-8-4-2-5-9-14)12-13-18(16)15-10-6-3-7-11-15/h14-16H,2-13H2,1H3. The fourth-order valence-corrected chi connectivity index (χ4v) is 4.46. The third-order valence-corrected chi connectivity index (χ3v) is 5.48. The third kappa shape index (κ3) is 2.98. The maximum absolute atomic E-state index is 5.89. The second kappa shape index (κ2) is 6.55. The van der Waals surface area contributed by atoms with E-state index in [2.05, 4.69) is 9.80 Å². The number of methoxy groups -OCH3 is 1. The van der Waals surface area contributed by atoms with E-state index in [1.165, 1.54) is 77.3 Å². The van der Waals surface area contributed by atoms with Gasteiger partial charge in [0.05, 0.1) is 0 Å². The zero-order chi connectivity index (χ0) is 13.1. The smallest absolute Gasteiger partial charge is 0.168 e. The van der Waals surface area contributed by atoms with Gasteiger partial charge in [0.2, 0.25) is 0 Å². The van der Waals surface area contributed by atoms with Crippen LogP contribution in [0.5, 0.6) is 0 Å². The molecule has 110 valence electrons. The molecule has 1 aliphatic heterocycles. The Morgan fingerprint density at radius 3 is 1.47 bits per heavy atom. The third-order valence-electron chi connectivity index (χ3n) is 5.48. The van der Waals surface area contributed by atoms with Crippen LogP contribution >= 0.6 is 0 Å². The first-order valence-corrected chi connectivity index (χ1v) is 8.44. The summed E-state index contributed by atoms with van der Waals surface area (Å²) in [5.41, 5.74) is 0. The maximum atomic E-state index is 5.89. The van der Waals surface area contributed by atoms with E-state index in [0.29, 0.717) is 0 Å². The van der Waals surface area contributed by atoms with Crippen molar-refractivity contribution in [3.63, 3.8) is 0 Å². The van der Waals surface area contributed by atoms with Crippen molar-refractivity contribution in [1.29, 1.82) is 0 Å². The highest BCUT2D eigenvalue weighted by Gasteiger charge is 2.40. The van der Waals surface area contributed by atoms with Gasteiger partial charge in [0.1, 0.15) is 0 Å². The van der Waals surface area contributed by atoms with Crippen molar-refractivity contribution in [3.05, 3.63) is 0 Å². The van der Waals surface area contributed by atoms with Gasteiger partial charge in [0, 0.05) is 32.3 Å². The van der Waals surface area contributed by atoms with Crippen molar-refractivity contribution in [2.45, 2.75) is 82.6 Å². The van der Waals surface area contributed by atoms with Gasteiger partial charge in [-0.1, -0.05) is 38.5 Å². The van der Waals surface area contributed by atoms with E-state index >= 15 is 0 Å². The van der Waals surface area contributed by atoms with E-state index in [1.54, 1.807) is 0 Å². The maximum Gasteiger partial charge on any atom is 0.168 e. The van der Waals surface area contributed by atoms with Crippen molar-refractivity contribution in [3.8, 4) is 0 Å². The molecule has 0 unspecified atom stereocenters. The molecule has 3 fully saturated rings. The largest absolute Gasteiger partial charge is 0.353 e. The van der Waals surface area contributed by atoms with Gasteiger partial charge in [-0.15, -0.1) is 0 Å². The average Bonchev–Trinajstić information content (AvgIpc) is 2.93. The molecular formula is C16H30N2O. The monoisotopic (exact) mass is 266 g/mol. The van der Waals surface area contributed by atoms with Crippen LogP contribution in [0.3, 0.4) is 0 Å². The lowest BCUT2D eigenvalue weighted by atomic mass is 9.94. The summed E-state index contributed by atoms with van der Waals surface area (Å²) in [4.78, 5) is 5.32. The lowest BCUT2D eigenvalue weighted by Crippen LogP contribution is -2.49. The molecule has 2 aliphatic carbocycles. The first kappa shape index (κ1) is 13.8. The van der Waals surface area contributed by atoms with Crippen molar-refractivity contribution in [2.24, 2.45) is 0 Å². The highest BCUT2D eigenvalue weighted by atomic mass is 16.5. The molecule has 3 rings (SSSR count). The second-order valence-electron chi connectivity index (χ2n) is 6.62. The van der Waals surface area contributed by atoms with Crippen LogP contribution in [0, 0.1) is 0 Å². The molecule has 19 heavy (non-hydrogen) atoms. The number of ether oxygens (including phenoxy) is 1. The zero-order valence-electron chi connectivity index (χ0n) is 12.5. The van der Waals surface area contributed by atoms with Crippen LogP contribution in [0.15, 0.2) is 0 Å². The molecule has 1 saturated heterocycles. The molecule has 0 N–H and O–H groups in total. The van der Waals surface area contributed by atoms with Gasteiger partial charge in [-0.25, -0.2) is 0 Å². The molecule has 0 aromatic carbocycles. The molecule has 0 amide bonds. The Hall–Kier alpha value is -0.120. The van der Waals surface area contributed by atoms with Gasteiger partial charge in [0.15, 0.2) is 6.35 Å². The van der Waals surface area contributed by atoms with E-state index in [9.17, 15) is 0 Å². The van der Waals surface area contributed by atoms with E-state index in [-0.39, 0.29) is 6.35 Å². The van der Waals surface area contributed by atoms with Crippen LogP contribution in [-0.4, -0.2) is 48.4 Å². The molecule has 0 spiro atoms. The molecule has 0 aromatic rings. The van der Waals surface area contributed by atoms with Crippen LogP contribution in [0.4, 0.5) is 0 Å². The Morgan fingerprint density at radius 1 is 0.684 bits per heavy atom. The van der Waals surface area contributed by atoms with E-state index in [4.69, 9.17) is 4.74 Å². The van der Waals surface area contributed by atoms with Gasteiger partial charge in [-0.05, 0) is 25.7 Å². The van der Waals surface area contributed by atoms with Gasteiger partial charge >= 0.3 is 0 Å². The van der Waals surface area contributed by atoms with Crippen molar-refractivity contribution >= 4 is 0 Å². The van der Waals surface area contributed by atoms with Gasteiger partial charge in [-0.3, -0.25) is 9.80 Å². The Morgan fingerprint density at radius 2 is 1.11 bits per heavy atom. The lowest BCUT2D eigenvalue weighted by molar-refractivity contribution is -0.123. The highest BCUT2D eigenvalue weighted by molar-refractivity contribution is 4.88. The van der Waals surface area contributed by atoms with E-state index in [0.717, 1.165) is 12.1 Å². The first-order valence-electron chi connectivity index (χ1n) is 8.44. The normalized spacial score (nSPS) is 30.2. The number of hydrogen-bond acceptors (Lipinski definition) is 3. The quantitative estimate of drug-likeness (QED) is 0.780. The second-order valence-corrected chi connectivity index (χ2v) is 6.62. The SMILES string of the molecule is COC1N(C2CCCCC2)CCN1C1CCCCC1. The Balaban J connectivity index is 1.63. The summed E-state index contributed by atoms with van der Waals surface area (Å²) in [5, 5.41) is 0. The summed E-state index contributed by atoms with van der Waals surface area (Å²) in [5.74, 6) is 0. The van der Waals surface area contributed by atoms with E-state index < -0.39 is 0 Å². The topological polar surface area (TPSA) is 15.7 Å². The number of nitrogens with zero attached hydrogens (tertiary/aromatic N) is 2. The summed E-state index contributed by atoms with van der Waals surface area (Å²) < 4.78 is 5.89. The van der Waals surface area contributed by atoms with Crippen LogP contribution < -0.4 is 0 Å². The van der Waals surface area contributed by atoms with Crippen LogP contribution in [-0.2, 0) is 4.74 Å². The van der Waals surface area contributed by atoms with Gasteiger partial charge in [-0.2, -0.15) is 0 Å². The van der Waals surface area contributed by atoms with Crippen molar-refractivity contribution in [2.75, 3.05) is 20.2 Å². The summed E-state index contributed by atoms with van der Waals surface area (Å²) in [7, 11) is 1.90. The van der Waals surface area contributed by atoms with Crippen molar-refractivity contribution in [1.82, 2.24) is 9.80 Å². The predicted molar refractivity (Wildman–Crippen MR) is 78.0 cm³/mol. The Bertz CT molecular complexity index is 246. The van der Waals surface area contributed by atoms with E-state index in [1.807, 2.05) is 7.11 Å². The molecule has 0 aromatic heterocycles. The van der Waals surface area contributed by atoms with Crippen LogP contribution in [0.25, 0.3) is 0 Å². The minimum Gasteiger partial charge on any atom is -0.353 e. The summed E-state index contributed by atoms with van der Waals surface area (Å²) in [6, 6.07) is 1.57. The average molecular weight is 266 g/mol. The molecule has 2 saturated carbocycles. The summed E-state index contributed by atoms with van der Waals surface area (Å²) >= 11 is 0. The van der Waals surface area contributed by atoms with Crippen LogP contribution in [0.2, 0.25) is 0 Å². The summed E-state index contributed by atoms with van der Waals surface area (Å²) in [6.45, 7) is 2.44. The first-order chi connectivity index (χ1) is 9.40. The van der Waals surface area contributed by atoms with Crippen molar-refractivity contribution < 1.29 is 4.74 Å². The molecule has 3 aliphatic rings. The summed E-state index contributed by atoms with van der Waals surface area (Å²) in [6.07, 6.45) is 14.4. The predicted octanol–water partition coefficient (Wildman–Crippen LogP) is 3.20. The number of hydrogen-bond donors (Lipinski definition) is 0. The highest BCUT2D eigenvalue weighted by Crippen LogP contribution is 2.32.